The number of anilines is 2. The summed E-state index contributed by atoms with van der Waals surface area (Å²) in [4.78, 5) is 10.5. The first-order valence-electron chi connectivity index (χ1n) is 4.19. The number of carbonyl (C=O) groups excluding carboxylic acids is 1. The zero-order valence-corrected chi connectivity index (χ0v) is 7.40. The number of carbonyl (C=O) groups is 1. The molecule has 0 amide bonds. The van der Waals surface area contributed by atoms with Gasteiger partial charge in [0.2, 0.25) is 0 Å². The molecule has 1 heterocycles. The first-order valence-corrected chi connectivity index (χ1v) is 4.19. The number of aldehydes is 1. The maximum absolute atomic E-state index is 10.5. The average Bonchev–Trinajstić information content (AvgIpc) is 2.71. The summed E-state index contributed by atoms with van der Waals surface area (Å²) in [5.74, 6) is 0. The molecule has 0 fully saturated rings. The Balaban J connectivity index is 2.21. The van der Waals surface area contributed by atoms with Crippen molar-refractivity contribution in [2.24, 2.45) is 0 Å². The van der Waals surface area contributed by atoms with Crippen molar-refractivity contribution in [3.05, 3.63) is 42.2 Å². The first kappa shape index (κ1) is 8.50. The molecule has 0 aliphatic carbocycles. The maximum atomic E-state index is 10.5. The topological polar surface area (TPSA) is 57.8 Å². The lowest BCUT2D eigenvalue weighted by molar-refractivity contribution is 0.112. The average molecular weight is 187 g/mol. The van der Waals surface area contributed by atoms with E-state index in [1.54, 1.807) is 24.5 Å². The molecular formula is C10H9N3O. The Morgan fingerprint density at radius 3 is 3.00 bits per heavy atom. The van der Waals surface area contributed by atoms with Crippen molar-refractivity contribution in [2.75, 3.05) is 5.32 Å². The fourth-order valence-electron chi connectivity index (χ4n) is 1.18. The molecule has 1 aromatic carbocycles. The second-order valence-corrected chi connectivity index (χ2v) is 2.86. The van der Waals surface area contributed by atoms with Gasteiger partial charge in [0, 0.05) is 17.4 Å². The van der Waals surface area contributed by atoms with E-state index in [9.17, 15) is 4.79 Å². The molecule has 0 aliphatic rings. The summed E-state index contributed by atoms with van der Waals surface area (Å²) >= 11 is 0. The fourth-order valence-corrected chi connectivity index (χ4v) is 1.18. The van der Waals surface area contributed by atoms with Crippen molar-refractivity contribution in [3.63, 3.8) is 0 Å². The zero-order valence-electron chi connectivity index (χ0n) is 7.40. The maximum Gasteiger partial charge on any atom is 0.150 e. The second-order valence-electron chi connectivity index (χ2n) is 2.86. The molecule has 2 N–H and O–H groups in total. The van der Waals surface area contributed by atoms with Crippen LogP contribution in [0.5, 0.6) is 0 Å². The lowest BCUT2D eigenvalue weighted by Crippen LogP contribution is -1.89. The molecule has 4 heteroatoms. The van der Waals surface area contributed by atoms with Crippen LogP contribution in [0.2, 0.25) is 0 Å². The molecule has 0 saturated heterocycles. The van der Waals surface area contributed by atoms with Gasteiger partial charge < -0.3 is 5.32 Å². The van der Waals surface area contributed by atoms with E-state index in [-0.39, 0.29) is 0 Å². The molecule has 4 nitrogen and oxygen atoms in total. The number of hydrogen-bond donors (Lipinski definition) is 2. The van der Waals surface area contributed by atoms with E-state index in [2.05, 4.69) is 15.5 Å². The van der Waals surface area contributed by atoms with Gasteiger partial charge in [0.15, 0.2) is 0 Å². The Bertz CT molecular complexity index is 423. The van der Waals surface area contributed by atoms with Gasteiger partial charge in [-0.05, 0) is 12.1 Å². The van der Waals surface area contributed by atoms with Gasteiger partial charge in [-0.15, -0.1) is 0 Å². The lowest BCUT2D eigenvalue weighted by Gasteiger charge is -2.02. The molecule has 14 heavy (non-hydrogen) atoms. The Morgan fingerprint density at radius 2 is 2.29 bits per heavy atom. The van der Waals surface area contributed by atoms with Crippen LogP contribution in [-0.2, 0) is 0 Å². The van der Waals surface area contributed by atoms with Crippen molar-refractivity contribution in [1.82, 2.24) is 10.2 Å². The summed E-state index contributed by atoms with van der Waals surface area (Å²) in [5, 5.41) is 9.61. The molecule has 0 radical (unpaired) electrons. The summed E-state index contributed by atoms with van der Waals surface area (Å²) in [6.07, 6.45) is 4.24. The Morgan fingerprint density at radius 1 is 1.36 bits per heavy atom. The highest BCUT2D eigenvalue weighted by atomic mass is 16.1. The SMILES string of the molecule is O=Cc1cccc(Nc2cn[nH]c2)c1. The first-order chi connectivity index (χ1) is 6.88. The van der Waals surface area contributed by atoms with E-state index >= 15 is 0 Å². The van der Waals surface area contributed by atoms with E-state index in [4.69, 9.17) is 0 Å². The van der Waals surface area contributed by atoms with Crippen LogP contribution < -0.4 is 5.32 Å². The van der Waals surface area contributed by atoms with E-state index in [1.165, 1.54) is 0 Å². The fraction of sp³-hybridized carbons (Fsp3) is 0. The van der Waals surface area contributed by atoms with Crippen molar-refractivity contribution < 1.29 is 4.79 Å². The van der Waals surface area contributed by atoms with E-state index in [0.717, 1.165) is 17.7 Å². The Hall–Kier alpha value is -2.10. The van der Waals surface area contributed by atoms with Crippen LogP contribution in [0.25, 0.3) is 0 Å². The van der Waals surface area contributed by atoms with Crippen LogP contribution in [0.15, 0.2) is 36.7 Å². The predicted molar refractivity (Wildman–Crippen MR) is 53.7 cm³/mol. The highest BCUT2D eigenvalue weighted by molar-refractivity contribution is 5.77. The van der Waals surface area contributed by atoms with Gasteiger partial charge in [-0.25, -0.2) is 0 Å². The molecule has 2 rings (SSSR count). The minimum Gasteiger partial charge on any atom is -0.353 e. The van der Waals surface area contributed by atoms with E-state index in [0.29, 0.717) is 5.56 Å². The molecule has 70 valence electrons. The van der Waals surface area contributed by atoms with Crippen LogP contribution in [0.3, 0.4) is 0 Å². The number of nitrogens with zero attached hydrogens (tertiary/aromatic N) is 1. The summed E-state index contributed by atoms with van der Waals surface area (Å²) in [5.41, 5.74) is 2.39. The van der Waals surface area contributed by atoms with Gasteiger partial charge in [0.05, 0.1) is 11.9 Å². The largest absolute Gasteiger partial charge is 0.353 e. The quantitative estimate of drug-likeness (QED) is 0.722. The van der Waals surface area contributed by atoms with Gasteiger partial charge in [-0.1, -0.05) is 12.1 Å². The van der Waals surface area contributed by atoms with Crippen LogP contribution in [0.4, 0.5) is 11.4 Å². The molecule has 2 aromatic rings. The number of aromatic nitrogens is 2. The predicted octanol–water partition coefficient (Wildman–Crippen LogP) is 1.97. The summed E-state index contributed by atoms with van der Waals surface area (Å²) in [6, 6.07) is 7.25. The highest BCUT2D eigenvalue weighted by Gasteiger charge is 1.96. The second kappa shape index (κ2) is 3.74. The summed E-state index contributed by atoms with van der Waals surface area (Å²) in [7, 11) is 0. The number of H-pyrrole nitrogens is 1. The zero-order chi connectivity index (χ0) is 9.80. The van der Waals surface area contributed by atoms with Crippen LogP contribution in [0, 0.1) is 0 Å². The van der Waals surface area contributed by atoms with Crippen LogP contribution in [0.1, 0.15) is 10.4 Å². The van der Waals surface area contributed by atoms with Crippen LogP contribution >= 0.6 is 0 Å². The third-order valence-electron chi connectivity index (χ3n) is 1.81. The smallest absolute Gasteiger partial charge is 0.150 e. The van der Waals surface area contributed by atoms with Gasteiger partial charge in [0.1, 0.15) is 6.29 Å². The number of benzene rings is 1. The van der Waals surface area contributed by atoms with Gasteiger partial charge in [-0.2, -0.15) is 5.10 Å². The molecule has 0 atom stereocenters. The molecule has 0 unspecified atom stereocenters. The number of aromatic amines is 1. The number of nitrogens with one attached hydrogen (secondary N) is 2. The number of hydrogen-bond acceptors (Lipinski definition) is 3. The normalized spacial score (nSPS) is 9.71. The van der Waals surface area contributed by atoms with Gasteiger partial charge in [0.25, 0.3) is 0 Å². The molecule has 0 saturated carbocycles. The minimum absolute atomic E-state index is 0.651. The van der Waals surface area contributed by atoms with E-state index in [1.807, 2.05) is 12.1 Å². The standard InChI is InChI=1S/C10H9N3O/c14-7-8-2-1-3-9(4-8)13-10-5-11-12-6-10/h1-7,13H,(H,11,12). The minimum atomic E-state index is 0.651. The molecule has 0 bridgehead atoms. The van der Waals surface area contributed by atoms with Crippen molar-refractivity contribution in [2.45, 2.75) is 0 Å². The third kappa shape index (κ3) is 1.80. The van der Waals surface area contributed by atoms with Gasteiger partial charge >= 0.3 is 0 Å². The summed E-state index contributed by atoms with van der Waals surface area (Å²) in [6.45, 7) is 0. The monoisotopic (exact) mass is 187 g/mol. The van der Waals surface area contributed by atoms with E-state index < -0.39 is 0 Å². The Labute approximate surface area is 81.0 Å². The molecule has 1 aromatic heterocycles. The van der Waals surface area contributed by atoms with Crippen molar-refractivity contribution in [3.8, 4) is 0 Å². The molecular weight excluding hydrogens is 178 g/mol. The summed E-state index contributed by atoms with van der Waals surface area (Å²) < 4.78 is 0. The Kier molecular flexibility index (Phi) is 2.27. The third-order valence-corrected chi connectivity index (χ3v) is 1.81. The molecule has 0 aliphatic heterocycles. The highest BCUT2D eigenvalue weighted by Crippen LogP contribution is 2.15. The van der Waals surface area contributed by atoms with Gasteiger partial charge in [-0.3, -0.25) is 9.89 Å². The van der Waals surface area contributed by atoms with Crippen LogP contribution in [-0.4, -0.2) is 16.5 Å². The van der Waals surface area contributed by atoms with Crippen molar-refractivity contribution >= 4 is 17.7 Å². The number of rotatable bonds is 3. The lowest BCUT2D eigenvalue weighted by atomic mass is 10.2. The van der Waals surface area contributed by atoms with Crippen molar-refractivity contribution in [1.29, 1.82) is 0 Å². The molecule has 0 spiro atoms.